The Morgan fingerprint density at radius 1 is 0.515 bits per heavy atom. The van der Waals surface area contributed by atoms with Gasteiger partial charge in [-0.25, -0.2) is 0 Å². The predicted molar refractivity (Wildman–Crippen MR) is 324 cm³/mol. The van der Waals surface area contributed by atoms with Crippen molar-refractivity contribution in [3.8, 4) is 0 Å². The molecule has 0 radical (unpaired) electrons. The fraction of sp³-hybridized carbons (Fsp3) is 0.939. The van der Waals surface area contributed by atoms with Crippen LogP contribution in [0.25, 0.3) is 0 Å². The van der Waals surface area contributed by atoms with Gasteiger partial charge in [0.2, 0.25) is 6.29 Å². The van der Waals surface area contributed by atoms with Crippen molar-refractivity contribution in [2.24, 2.45) is 50.2 Å². The third-order valence-electron chi connectivity index (χ3n) is 25.2. The lowest BCUT2D eigenvalue weighted by Gasteiger charge is -2.71. The van der Waals surface area contributed by atoms with E-state index in [0.717, 1.165) is 18.9 Å². The molecule has 0 spiro atoms. The van der Waals surface area contributed by atoms with E-state index >= 15 is 4.79 Å². The molecule has 0 unspecified atom stereocenters. The van der Waals surface area contributed by atoms with E-state index in [-0.39, 0.29) is 47.2 Å². The molecular weight excluding hydrogens is 1290 g/mol. The maximum absolute atomic E-state index is 15.4. The van der Waals surface area contributed by atoms with Gasteiger partial charge in [0, 0.05) is 12.3 Å². The van der Waals surface area contributed by atoms with Gasteiger partial charge in [0.05, 0.1) is 56.8 Å². The Hall–Kier alpha value is -2.40. The molecule has 0 aromatic heterocycles. The second kappa shape index (κ2) is 28.6. The van der Waals surface area contributed by atoms with Crippen LogP contribution in [0.5, 0.6) is 0 Å². The van der Waals surface area contributed by atoms with Gasteiger partial charge in [-0.2, -0.15) is 0 Å². The summed E-state index contributed by atoms with van der Waals surface area (Å²) in [7, 11) is 0. The van der Waals surface area contributed by atoms with Gasteiger partial charge in [-0.1, -0.05) is 53.2 Å². The van der Waals surface area contributed by atoms with Crippen LogP contribution in [0, 0.1) is 50.2 Å². The minimum atomic E-state index is -1.93. The Balaban J connectivity index is 0.768. The SMILES string of the molecule is CC(=O)O[C@H]1[C@H](O[C@H]2[C@H](O)[C@@H](O)[C@H](OC[C@H]3O[C@@H](OC(=O)[C@]45CCC(C)(C)C[C@H]4C4=CC[C@@H]6[C@@]7(C)CC[C@H](O[C@@H]8OC[C@H](O)[C@H](O)[C@H]8O[C@@H]8O[C@@H](C)[C@H](O)[C@@H](O[C@@H]9OC[C@@H](O)[C@@H](O)[C@H]9O)[C@H]8O)[C@@](C)(CO)[C@@H]7CC[C@@]6(C)[C@]4(C)CC5)[C@H](O)[C@@H](O)[C@@H]3O)O[C@@H]2CO)O[C@@H](C)[C@H](O)[C@H]1O. The third-order valence-corrected chi connectivity index (χ3v) is 25.2. The van der Waals surface area contributed by atoms with E-state index in [9.17, 15) is 86.5 Å². The molecule has 556 valence electrons. The highest BCUT2D eigenvalue weighted by Crippen LogP contribution is 2.76. The molecule has 0 aromatic carbocycles. The van der Waals surface area contributed by atoms with Crippen LogP contribution in [0.4, 0.5) is 0 Å². The largest absolute Gasteiger partial charge is 0.454 e. The number of carbonyl (C=O) groups excluding carboxylic acids is 2. The van der Waals surface area contributed by atoms with Crippen LogP contribution >= 0.6 is 0 Å². The summed E-state index contributed by atoms with van der Waals surface area (Å²) < 4.78 is 76.9. The molecule has 6 aliphatic heterocycles. The zero-order chi connectivity index (χ0) is 70.7. The molecule has 11 aliphatic rings. The summed E-state index contributed by atoms with van der Waals surface area (Å²) in [5, 5.41) is 176. The summed E-state index contributed by atoms with van der Waals surface area (Å²) in [6, 6.07) is 0. The van der Waals surface area contributed by atoms with Gasteiger partial charge < -0.3 is 143 Å². The maximum atomic E-state index is 15.4. The van der Waals surface area contributed by atoms with Crippen LogP contribution in [0.3, 0.4) is 0 Å². The Bertz CT molecular complexity index is 2760. The molecule has 31 heteroatoms. The Labute approximate surface area is 562 Å². The summed E-state index contributed by atoms with van der Waals surface area (Å²) in [5.41, 5.74) is -2.27. The number of esters is 2. The highest BCUT2D eigenvalue weighted by atomic mass is 16.8. The number of rotatable bonds is 16. The molecule has 10 fully saturated rings. The number of aliphatic hydroxyl groups excluding tert-OH is 16. The first kappa shape index (κ1) is 75.7. The van der Waals surface area contributed by atoms with E-state index in [1.54, 1.807) is 0 Å². The standard InChI is InChI=1S/C66H106O31/c1-26-38(72)44(78)53(90-28(3)69)59(89-26)94-50-33(21-67)91-54(48(82)45(50)79)87-24-34-42(76)43(77)47(81)56(92-34)97-60(84)66-18-16-61(4,5)20-30(66)29-10-11-36-62(6)14-13-37(63(7,25-68)35(62)12-15-65(36,9)64(29,8)17-19-66)93-58-52(41(75)32(71)23-86-58)96-57-49(83)51(39(73)27(2)88-57)95-55-46(80)40(74)31(70)22-85-55/h10,26-27,30-59,67-68,70-83H,11-25H2,1-9H3/t26-,27-,30-,31+,32-,33+,34+,35+,36+,37-,38-,39-,40+,41-,42+,43-,44+,45+,46+,47+,48+,49+,50+,51+,52+,53+,54+,55-,56-,57-,58-,59-,62-,63-,64+,65+,66-/m0/s1. The first-order valence-electron chi connectivity index (χ1n) is 34.4. The van der Waals surface area contributed by atoms with Crippen molar-refractivity contribution in [1.82, 2.24) is 0 Å². The average Bonchev–Trinajstić information content (AvgIpc) is 0.678. The number of hydrogen-bond acceptors (Lipinski definition) is 31. The van der Waals surface area contributed by atoms with E-state index in [1.165, 1.54) is 13.8 Å². The molecular formula is C66H106O31. The zero-order valence-electron chi connectivity index (χ0n) is 56.4. The smallest absolute Gasteiger partial charge is 0.315 e. The van der Waals surface area contributed by atoms with Crippen molar-refractivity contribution in [2.75, 3.05) is 33.0 Å². The summed E-state index contributed by atoms with van der Waals surface area (Å²) in [4.78, 5) is 27.3. The van der Waals surface area contributed by atoms with E-state index in [4.69, 9.17) is 61.6 Å². The number of ether oxygens (including phenoxy) is 13. The molecule has 11 rings (SSSR count). The first-order valence-corrected chi connectivity index (χ1v) is 34.4. The van der Waals surface area contributed by atoms with Crippen molar-refractivity contribution < 1.29 is 153 Å². The number of allylic oxidation sites excluding steroid dienone is 2. The Kier molecular flexibility index (Phi) is 22.3. The molecule has 4 saturated carbocycles. The molecule has 6 saturated heterocycles. The molecule has 0 bridgehead atoms. The summed E-state index contributed by atoms with van der Waals surface area (Å²) in [5.74, 6) is -1.90. The van der Waals surface area contributed by atoms with E-state index in [2.05, 4.69) is 40.7 Å². The molecule has 16 N–H and O–H groups in total. The highest BCUT2D eigenvalue weighted by Gasteiger charge is 2.71. The highest BCUT2D eigenvalue weighted by molar-refractivity contribution is 5.79. The summed E-state index contributed by atoms with van der Waals surface area (Å²) >= 11 is 0. The first-order chi connectivity index (χ1) is 45.5. The van der Waals surface area contributed by atoms with Gasteiger partial charge in [0.1, 0.15) is 116 Å². The van der Waals surface area contributed by atoms with E-state index in [0.29, 0.717) is 57.8 Å². The van der Waals surface area contributed by atoms with Gasteiger partial charge in [-0.3, -0.25) is 9.59 Å². The zero-order valence-corrected chi connectivity index (χ0v) is 56.4. The normalized spacial score (nSPS) is 53.8. The van der Waals surface area contributed by atoms with Gasteiger partial charge in [0.15, 0.2) is 37.6 Å². The van der Waals surface area contributed by atoms with Crippen molar-refractivity contribution in [2.45, 2.75) is 305 Å². The van der Waals surface area contributed by atoms with Crippen molar-refractivity contribution in [3.05, 3.63) is 11.6 Å². The lowest BCUT2D eigenvalue weighted by atomic mass is 9.33. The molecule has 6 heterocycles. The molecule has 37 atom stereocenters. The lowest BCUT2D eigenvalue weighted by Crippen LogP contribution is -2.67. The van der Waals surface area contributed by atoms with Crippen molar-refractivity contribution in [1.29, 1.82) is 0 Å². The van der Waals surface area contributed by atoms with Gasteiger partial charge >= 0.3 is 11.9 Å². The average molecular weight is 1400 g/mol. The van der Waals surface area contributed by atoms with Crippen LogP contribution in [0.15, 0.2) is 11.6 Å². The topological polar surface area (TPSA) is 478 Å². The maximum Gasteiger partial charge on any atom is 0.315 e. The van der Waals surface area contributed by atoms with Crippen LogP contribution in [0.2, 0.25) is 0 Å². The van der Waals surface area contributed by atoms with Crippen molar-refractivity contribution in [3.63, 3.8) is 0 Å². The van der Waals surface area contributed by atoms with Gasteiger partial charge in [-0.15, -0.1) is 0 Å². The second-order valence-electron chi connectivity index (χ2n) is 31.4. The van der Waals surface area contributed by atoms with Gasteiger partial charge in [0.25, 0.3) is 0 Å². The monoisotopic (exact) mass is 1390 g/mol. The fourth-order valence-electron chi connectivity index (χ4n) is 19.0. The quantitative estimate of drug-likeness (QED) is 0.0405. The van der Waals surface area contributed by atoms with Crippen LogP contribution in [-0.2, 0) is 71.2 Å². The van der Waals surface area contributed by atoms with Crippen LogP contribution in [-0.4, -0.2) is 305 Å². The minimum Gasteiger partial charge on any atom is -0.454 e. The summed E-state index contributed by atoms with van der Waals surface area (Å²) in [6.45, 7) is 14.6. The predicted octanol–water partition coefficient (Wildman–Crippen LogP) is -3.51. The number of hydrogen-bond donors (Lipinski definition) is 16. The molecule has 0 amide bonds. The van der Waals surface area contributed by atoms with E-state index in [1.807, 2.05) is 6.92 Å². The van der Waals surface area contributed by atoms with Crippen LogP contribution in [0.1, 0.15) is 127 Å². The third kappa shape index (κ3) is 13.3. The van der Waals surface area contributed by atoms with Crippen molar-refractivity contribution >= 4 is 11.9 Å². The summed E-state index contributed by atoms with van der Waals surface area (Å²) in [6.07, 6.45) is -37.7. The van der Waals surface area contributed by atoms with E-state index < -0.39 is 226 Å². The molecule has 97 heavy (non-hydrogen) atoms. The van der Waals surface area contributed by atoms with Crippen LogP contribution < -0.4 is 0 Å². The fourth-order valence-corrected chi connectivity index (χ4v) is 19.0. The lowest BCUT2D eigenvalue weighted by molar-refractivity contribution is -0.379. The molecule has 0 aromatic rings. The molecule has 31 nitrogen and oxygen atoms in total. The number of carbonyl (C=O) groups is 2. The number of aliphatic hydroxyl groups is 16. The Morgan fingerprint density at radius 2 is 1.11 bits per heavy atom. The molecule has 5 aliphatic carbocycles. The number of fused-ring (bicyclic) bond motifs is 7. The second-order valence-corrected chi connectivity index (χ2v) is 31.4. The van der Waals surface area contributed by atoms with Gasteiger partial charge in [-0.05, 0) is 117 Å². The minimum absolute atomic E-state index is 0.0677. The Morgan fingerprint density at radius 3 is 1.79 bits per heavy atom.